The average molecular weight is 377 g/mol. The predicted molar refractivity (Wildman–Crippen MR) is 99.0 cm³/mol. The molecule has 0 bridgehead atoms. The molecule has 1 aromatic heterocycles. The Labute approximate surface area is 151 Å². The van der Waals surface area contributed by atoms with Crippen molar-refractivity contribution in [3.05, 3.63) is 48.5 Å². The molecule has 1 heterocycles. The molecule has 0 aliphatic rings. The van der Waals surface area contributed by atoms with Crippen molar-refractivity contribution in [2.75, 3.05) is 18.1 Å². The van der Waals surface area contributed by atoms with Crippen molar-refractivity contribution >= 4 is 32.7 Å². The van der Waals surface area contributed by atoms with E-state index in [4.69, 9.17) is 9.15 Å². The van der Waals surface area contributed by atoms with Crippen LogP contribution < -0.4 is 4.74 Å². The van der Waals surface area contributed by atoms with Crippen LogP contribution in [0.5, 0.6) is 5.75 Å². The Bertz CT molecular complexity index is 936. The summed E-state index contributed by atoms with van der Waals surface area (Å²) in [6, 6.07) is 14.5. The van der Waals surface area contributed by atoms with E-state index in [0.717, 1.165) is 17.9 Å². The Morgan fingerprint density at radius 1 is 1.16 bits per heavy atom. The van der Waals surface area contributed by atoms with Crippen LogP contribution in [0.1, 0.15) is 13.3 Å². The van der Waals surface area contributed by atoms with Gasteiger partial charge in [0, 0.05) is 5.75 Å². The van der Waals surface area contributed by atoms with Crippen LogP contribution in [0.3, 0.4) is 0 Å². The molecule has 0 atom stereocenters. The Hall–Kier alpha value is -1.99. The van der Waals surface area contributed by atoms with E-state index < -0.39 is 9.84 Å². The SMILES string of the molecule is CCS(=O)(=O)c1ccc2oc(SCCCOc3ccccc3)nc2c1. The predicted octanol–water partition coefficient (Wildman–Crippen LogP) is 4.18. The van der Waals surface area contributed by atoms with E-state index in [-0.39, 0.29) is 10.6 Å². The van der Waals surface area contributed by atoms with Gasteiger partial charge in [-0.3, -0.25) is 0 Å². The van der Waals surface area contributed by atoms with E-state index in [0.29, 0.717) is 22.9 Å². The molecule has 0 fully saturated rings. The van der Waals surface area contributed by atoms with Crippen LogP contribution in [0.15, 0.2) is 63.1 Å². The molecule has 0 amide bonds. The number of hydrogen-bond donors (Lipinski definition) is 0. The minimum atomic E-state index is -3.24. The lowest BCUT2D eigenvalue weighted by Gasteiger charge is -2.04. The summed E-state index contributed by atoms with van der Waals surface area (Å²) in [6.07, 6.45) is 0.855. The van der Waals surface area contributed by atoms with Gasteiger partial charge in [0.05, 0.1) is 17.3 Å². The molecule has 3 rings (SSSR count). The first-order valence-corrected chi connectivity index (χ1v) is 10.7. The highest BCUT2D eigenvalue weighted by Crippen LogP contribution is 2.26. The van der Waals surface area contributed by atoms with Gasteiger partial charge in [-0.15, -0.1) is 0 Å². The summed E-state index contributed by atoms with van der Waals surface area (Å²) in [5.74, 6) is 1.73. The maximum absolute atomic E-state index is 11.9. The van der Waals surface area contributed by atoms with Crippen LogP contribution in [0.25, 0.3) is 11.1 Å². The molecule has 0 N–H and O–H groups in total. The lowest BCUT2D eigenvalue weighted by Crippen LogP contribution is -2.03. The summed E-state index contributed by atoms with van der Waals surface area (Å²) >= 11 is 1.49. The fraction of sp³-hybridized carbons (Fsp3) is 0.278. The standard InChI is InChI=1S/C18H19NO4S2/c1-2-25(20,21)15-9-10-17-16(13-15)19-18(23-17)24-12-6-11-22-14-7-4-3-5-8-14/h3-5,7-10,13H,2,6,11-12H2,1H3. The summed E-state index contributed by atoms with van der Waals surface area (Å²) in [6.45, 7) is 2.25. The third-order valence-corrected chi connectivity index (χ3v) is 6.25. The highest BCUT2D eigenvalue weighted by molar-refractivity contribution is 7.99. The zero-order valence-corrected chi connectivity index (χ0v) is 15.5. The van der Waals surface area contributed by atoms with Gasteiger partial charge in [-0.1, -0.05) is 36.9 Å². The van der Waals surface area contributed by atoms with Gasteiger partial charge in [0.1, 0.15) is 11.3 Å². The van der Waals surface area contributed by atoms with Gasteiger partial charge in [0.2, 0.25) is 0 Å². The molecule has 0 spiro atoms. The van der Waals surface area contributed by atoms with Crippen molar-refractivity contribution in [1.29, 1.82) is 0 Å². The van der Waals surface area contributed by atoms with Crippen molar-refractivity contribution < 1.29 is 17.6 Å². The maximum Gasteiger partial charge on any atom is 0.256 e. The van der Waals surface area contributed by atoms with E-state index in [1.807, 2.05) is 30.3 Å². The van der Waals surface area contributed by atoms with Crippen molar-refractivity contribution in [3.8, 4) is 5.75 Å². The molecule has 0 aliphatic heterocycles. The topological polar surface area (TPSA) is 69.4 Å². The minimum absolute atomic E-state index is 0.0688. The second-order valence-corrected chi connectivity index (χ2v) is 8.70. The van der Waals surface area contributed by atoms with Crippen molar-refractivity contribution in [2.45, 2.75) is 23.5 Å². The molecule has 0 aliphatic carbocycles. The van der Waals surface area contributed by atoms with E-state index >= 15 is 0 Å². The largest absolute Gasteiger partial charge is 0.494 e. The first kappa shape index (κ1) is 17.8. The van der Waals surface area contributed by atoms with Crippen LogP contribution in [-0.4, -0.2) is 31.5 Å². The number of nitrogens with zero attached hydrogens (tertiary/aromatic N) is 1. The number of ether oxygens (including phenoxy) is 1. The fourth-order valence-corrected chi connectivity index (χ4v) is 3.88. The van der Waals surface area contributed by atoms with Gasteiger partial charge in [-0.05, 0) is 36.8 Å². The second-order valence-electron chi connectivity index (χ2n) is 5.38. The van der Waals surface area contributed by atoms with Crippen LogP contribution in [0, 0.1) is 0 Å². The van der Waals surface area contributed by atoms with Gasteiger partial charge >= 0.3 is 0 Å². The van der Waals surface area contributed by atoms with E-state index in [9.17, 15) is 8.42 Å². The summed E-state index contributed by atoms with van der Waals surface area (Å²) in [4.78, 5) is 4.65. The highest BCUT2D eigenvalue weighted by atomic mass is 32.2. The van der Waals surface area contributed by atoms with Gasteiger partial charge < -0.3 is 9.15 Å². The first-order chi connectivity index (χ1) is 12.1. The van der Waals surface area contributed by atoms with Gasteiger partial charge in [0.15, 0.2) is 15.4 Å². The highest BCUT2D eigenvalue weighted by Gasteiger charge is 2.14. The van der Waals surface area contributed by atoms with Crippen LogP contribution in [0.4, 0.5) is 0 Å². The number of thioether (sulfide) groups is 1. The number of oxazole rings is 1. The molecule has 7 heteroatoms. The summed E-state index contributed by atoms with van der Waals surface area (Å²) in [5.41, 5.74) is 1.16. The Kier molecular flexibility index (Phi) is 5.65. The van der Waals surface area contributed by atoms with Crippen molar-refractivity contribution in [2.24, 2.45) is 0 Å². The van der Waals surface area contributed by atoms with E-state index in [1.54, 1.807) is 25.1 Å². The molecule has 0 saturated heterocycles. The lowest BCUT2D eigenvalue weighted by molar-refractivity contribution is 0.318. The third-order valence-electron chi connectivity index (χ3n) is 3.60. The summed E-state index contributed by atoms with van der Waals surface area (Å²) < 4.78 is 35.2. The quantitative estimate of drug-likeness (QED) is 0.433. The van der Waals surface area contributed by atoms with Gasteiger partial charge in [-0.25, -0.2) is 13.4 Å². The molecule has 25 heavy (non-hydrogen) atoms. The number of benzene rings is 2. The molecule has 0 unspecified atom stereocenters. The second kappa shape index (κ2) is 7.93. The zero-order chi connectivity index (χ0) is 17.7. The number of para-hydroxylation sites is 1. The number of hydrogen-bond acceptors (Lipinski definition) is 6. The van der Waals surface area contributed by atoms with Crippen molar-refractivity contribution in [1.82, 2.24) is 4.98 Å². The molecule has 3 aromatic rings. The van der Waals surface area contributed by atoms with Gasteiger partial charge in [-0.2, -0.15) is 0 Å². The maximum atomic E-state index is 11.9. The Morgan fingerprint density at radius 2 is 1.96 bits per heavy atom. The molecular formula is C18H19NO4S2. The number of rotatable bonds is 8. The van der Waals surface area contributed by atoms with E-state index in [1.165, 1.54) is 11.8 Å². The van der Waals surface area contributed by atoms with E-state index in [2.05, 4.69) is 4.98 Å². The average Bonchev–Trinajstić information content (AvgIpc) is 3.04. The third kappa shape index (κ3) is 4.55. The molecule has 132 valence electrons. The molecule has 0 radical (unpaired) electrons. The number of aromatic nitrogens is 1. The molecular weight excluding hydrogens is 358 g/mol. The number of sulfone groups is 1. The smallest absolute Gasteiger partial charge is 0.256 e. The monoisotopic (exact) mass is 377 g/mol. The van der Waals surface area contributed by atoms with Crippen molar-refractivity contribution in [3.63, 3.8) is 0 Å². The normalized spacial score (nSPS) is 11.7. The molecule has 0 saturated carbocycles. The lowest BCUT2D eigenvalue weighted by atomic mass is 10.3. The van der Waals surface area contributed by atoms with Crippen LogP contribution in [-0.2, 0) is 9.84 Å². The minimum Gasteiger partial charge on any atom is -0.494 e. The first-order valence-electron chi connectivity index (χ1n) is 8.02. The summed E-state index contributed by atoms with van der Waals surface area (Å²) in [5, 5.41) is 0.542. The zero-order valence-electron chi connectivity index (χ0n) is 13.8. The van der Waals surface area contributed by atoms with Crippen LogP contribution in [0.2, 0.25) is 0 Å². The Morgan fingerprint density at radius 3 is 2.72 bits per heavy atom. The Balaban J connectivity index is 1.55. The molecule has 2 aromatic carbocycles. The molecule has 5 nitrogen and oxygen atoms in total. The van der Waals surface area contributed by atoms with Crippen LogP contribution >= 0.6 is 11.8 Å². The van der Waals surface area contributed by atoms with Gasteiger partial charge in [0.25, 0.3) is 5.22 Å². The summed E-state index contributed by atoms with van der Waals surface area (Å²) in [7, 11) is -3.24. The number of fused-ring (bicyclic) bond motifs is 1. The fourth-order valence-electron chi connectivity index (χ4n) is 2.23.